The van der Waals surface area contributed by atoms with Crippen LogP contribution in [0.4, 0.5) is 28.4 Å². The lowest BCUT2D eigenvalue weighted by atomic mass is 9.70. The Morgan fingerprint density at radius 3 is 1.65 bits per heavy atom. The van der Waals surface area contributed by atoms with Crippen LogP contribution in [-0.4, -0.2) is 9.97 Å². The molecule has 10 rings (SSSR count). The third-order valence-corrected chi connectivity index (χ3v) is 13.0. The number of nitrogens with zero attached hydrogens (tertiary/aromatic N) is 6. The highest BCUT2D eigenvalue weighted by atomic mass is 32.2. The van der Waals surface area contributed by atoms with E-state index in [0.29, 0.717) is 10.1 Å². The lowest BCUT2D eigenvalue weighted by Crippen LogP contribution is -2.34. The van der Waals surface area contributed by atoms with E-state index in [2.05, 4.69) is 158 Å². The van der Waals surface area contributed by atoms with E-state index in [0.717, 1.165) is 92.4 Å². The molecule has 0 unspecified atom stereocenters. The number of para-hydroxylation sites is 3. The number of allylic oxidation sites excluding steroid dienone is 3. The molecule has 0 atom stereocenters. The summed E-state index contributed by atoms with van der Waals surface area (Å²) in [5, 5.41) is 26.9. The third-order valence-electron chi connectivity index (χ3n) is 11.8. The second-order valence-electron chi connectivity index (χ2n) is 15.3. The molecule has 6 nitrogen and oxygen atoms in total. The van der Waals surface area contributed by atoms with E-state index >= 15 is 0 Å². The number of hydrogen-bond donors (Lipinski definition) is 0. The normalized spacial score (nSPS) is 16.6. The number of aromatic nitrogens is 2. The molecule has 8 heteroatoms. The van der Waals surface area contributed by atoms with Crippen LogP contribution < -0.4 is 9.80 Å². The van der Waals surface area contributed by atoms with Crippen molar-refractivity contribution < 1.29 is 0 Å². The van der Waals surface area contributed by atoms with Crippen molar-refractivity contribution in [2.45, 2.75) is 61.4 Å². The maximum Gasteiger partial charge on any atom is 0.145 e. The lowest BCUT2D eigenvalue weighted by molar-refractivity contribution is 0.571. The van der Waals surface area contributed by atoms with Gasteiger partial charge in [-0.2, -0.15) is 10.5 Å². The minimum Gasteiger partial charge on any atom is -0.310 e. The molecule has 0 radical (unpaired) electrons. The molecule has 3 heterocycles. The van der Waals surface area contributed by atoms with Gasteiger partial charge in [0, 0.05) is 67.9 Å². The minimum atomic E-state index is -0.192. The van der Waals surface area contributed by atoms with Crippen molar-refractivity contribution in [3.63, 3.8) is 0 Å². The van der Waals surface area contributed by atoms with Gasteiger partial charge in [0.05, 0.1) is 28.5 Å². The SMILES string of the molecule is CC1(C)C2=C(C=CCC2)N(c2cc3c4c(cc(N5c6ccccc6C(C)(C)c6ccccc65)cc4c2)-c2nc(SC#N)c(SC#N)nc2-3)c2ccccc21. The van der Waals surface area contributed by atoms with E-state index in [-0.39, 0.29) is 10.8 Å². The van der Waals surface area contributed by atoms with Gasteiger partial charge in [-0.1, -0.05) is 88.4 Å². The van der Waals surface area contributed by atoms with E-state index in [4.69, 9.17) is 9.97 Å². The van der Waals surface area contributed by atoms with Crippen molar-refractivity contribution in [2.24, 2.45) is 0 Å². The number of nitriles is 2. The van der Waals surface area contributed by atoms with Crippen molar-refractivity contribution in [2.75, 3.05) is 9.80 Å². The van der Waals surface area contributed by atoms with Gasteiger partial charge < -0.3 is 9.80 Å². The monoisotopic (exact) mass is 734 g/mol. The van der Waals surface area contributed by atoms with Gasteiger partial charge >= 0.3 is 0 Å². The lowest BCUT2D eigenvalue weighted by Gasteiger charge is -2.44. The first-order valence-corrected chi connectivity index (χ1v) is 19.8. The quantitative estimate of drug-likeness (QED) is 0.131. The summed E-state index contributed by atoms with van der Waals surface area (Å²) in [6, 6.07) is 35.3. The molecule has 0 saturated heterocycles. The number of thiocyanates is 2. The summed E-state index contributed by atoms with van der Waals surface area (Å²) in [4.78, 5) is 15.0. The molecular formula is C46H34N6S2. The van der Waals surface area contributed by atoms with Gasteiger partial charge in [-0.3, -0.25) is 0 Å². The van der Waals surface area contributed by atoms with Crippen LogP contribution in [0.1, 0.15) is 57.2 Å². The standard InChI is InChI=1S/C46H34N6S2/c1-45(2)32-13-5-9-17-36(32)51(37-18-10-6-14-33(37)45)28-21-27-22-29(52-38-19-11-7-15-34(38)46(3,4)35-16-8-12-20-39(35)52)24-31-40(27)30(23-28)41-42(31)50-44(54-26-48)43(49-41)53-25-47/h5-7,9-15,17-24H,8,16H2,1-4H3. The molecule has 0 saturated carbocycles. The molecule has 2 aliphatic heterocycles. The first kappa shape index (κ1) is 32.8. The first-order valence-electron chi connectivity index (χ1n) is 18.2. The average molecular weight is 735 g/mol. The topological polar surface area (TPSA) is 79.8 Å². The number of rotatable bonds is 4. The van der Waals surface area contributed by atoms with Gasteiger partial charge in [-0.15, -0.1) is 0 Å². The molecular weight excluding hydrogens is 701 g/mol. The van der Waals surface area contributed by atoms with E-state index in [9.17, 15) is 10.5 Å². The Hall–Kier alpha value is -5.80. The van der Waals surface area contributed by atoms with Crippen LogP contribution in [0.5, 0.6) is 0 Å². The van der Waals surface area contributed by atoms with Gasteiger partial charge in [0.1, 0.15) is 20.9 Å². The van der Waals surface area contributed by atoms with Crippen LogP contribution in [0.3, 0.4) is 0 Å². The molecule has 2 aliphatic carbocycles. The van der Waals surface area contributed by atoms with Gasteiger partial charge in [0.15, 0.2) is 0 Å². The second-order valence-corrected chi connectivity index (χ2v) is 16.8. The molecule has 0 amide bonds. The fourth-order valence-electron chi connectivity index (χ4n) is 9.32. The molecule has 4 aliphatic rings. The van der Waals surface area contributed by atoms with Crippen LogP contribution in [0, 0.1) is 21.3 Å². The summed E-state index contributed by atoms with van der Waals surface area (Å²) in [5.74, 6) is 0. The van der Waals surface area contributed by atoms with E-state index in [1.54, 1.807) is 0 Å². The Labute approximate surface area is 323 Å². The zero-order chi connectivity index (χ0) is 36.9. The molecule has 1 aromatic heterocycles. The zero-order valence-corrected chi connectivity index (χ0v) is 31.9. The highest BCUT2D eigenvalue weighted by molar-refractivity contribution is 8.06. The maximum atomic E-state index is 9.75. The third kappa shape index (κ3) is 4.54. The molecule has 0 fully saturated rings. The summed E-state index contributed by atoms with van der Waals surface area (Å²) >= 11 is 1.90. The fourth-order valence-corrected chi connectivity index (χ4v) is 10.3. The highest BCUT2D eigenvalue weighted by Gasteiger charge is 2.40. The van der Waals surface area contributed by atoms with Crippen LogP contribution in [0.25, 0.3) is 33.3 Å². The van der Waals surface area contributed by atoms with Crippen LogP contribution >= 0.6 is 23.5 Å². The van der Waals surface area contributed by atoms with E-state index in [1.165, 1.54) is 33.6 Å². The summed E-state index contributed by atoms with van der Waals surface area (Å²) in [6.07, 6.45) is 6.62. The Bertz CT molecular complexity index is 2730. The largest absolute Gasteiger partial charge is 0.310 e. The summed E-state index contributed by atoms with van der Waals surface area (Å²) in [5.41, 5.74) is 15.1. The van der Waals surface area contributed by atoms with Crippen molar-refractivity contribution >= 4 is 62.7 Å². The molecule has 260 valence electrons. The Balaban J connectivity index is 1.29. The number of fused-ring (bicyclic) bond motifs is 6. The molecule has 54 heavy (non-hydrogen) atoms. The smallest absolute Gasteiger partial charge is 0.145 e. The van der Waals surface area contributed by atoms with Crippen molar-refractivity contribution in [3.05, 3.63) is 137 Å². The maximum absolute atomic E-state index is 9.75. The Morgan fingerprint density at radius 2 is 1.11 bits per heavy atom. The number of hydrogen-bond acceptors (Lipinski definition) is 8. The predicted octanol–water partition coefficient (Wildman–Crippen LogP) is 12.6. The van der Waals surface area contributed by atoms with Crippen molar-refractivity contribution in [1.29, 1.82) is 10.5 Å². The number of anilines is 5. The average Bonchev–Trinajstić information content (AvgIpc) is 3.48. The fraction of sp³-hybridized carbons (Fsp3) is 0.174. The molecule has 0 N–H and O–H groups in total. The number of thioether (sulfide) groups is 2. The van der Waals surface area contributed by atoms with Crippen LogP contribution in [0.2, 0.25) is 0 Å². The van der Waals surface area contributed by atoms with Crippen LogP contribution in [0.15, 0.2) is 131 Å². The van der Waals surface area contributed by atoms with Crippen molar-refractivity contribution in [3.8, 4) is 33.3 Å². The Morgan fingerprint density at radius 1 is 0.630 bits per heavy atom. The molecule has 6 aromatic rings. The summed E-state index contributed by atoms with van der Waals surface area (Å²) in [6.45, 7) is 9.31. The van der Waals surface area contributed by atoms with Gasteiger partial charge in [0.2, 0.25) is 0 Å². The van der Waals surface area contributed by atoms with E-state index < -0.39 is 0 Å². The first-order chi connectivity index (χ1) is 26.2. The molecule has 0 spiro atoms. The summed E-state index contributed by atoms with van der Waals surface area (Å²) in [7, 11) is 0. The van der Waals surface area contributed by atoms with Crippen LogP contribution in [-0.2, 0) is 10.8 Å². The summed E-state index contributed by atoms with van der Waals surface area (Å²) < 4.78 is 0. The Kier molecular flexibility index (Phi) is 7.20. The highest BCUT2D eigenvalue weighted by Crippen LogP contribution is 2.57. The van der Waals surface area contributed by atoms with Gasteiger partial charge in [0.25, 0.3) is 0 Å². The second kappa shape index (κ2) is 11.9. The zero-order valence-electron chi connectivity index (χ0n) is 30.3. The van der Waals surface area contributed by atoms with E-state index in [1.807, 2.05) is 0 Å². The predicted molar refractivity (Wildman–Crippen MR) is 221 cm³/mol. The van der Waals surface area contributed by atoms with Gasteiger partial charge in [-0.05, 0) is 89.0 Å². The molecule has 0 bridgehead atoms. The number of benzene rings is 5. The van der Waals surface area contributed by atoms with Crippen molar-refractivity contribution in [1.82, 2.24) is 9.97 Å². The van der Waals surface area contributed by atoms with Gasteiger partial charge in [-0.25, -0.2) is 9.97 Å². The minimum absolute atomic E-state index is 0.111. The molecule has 5 aromatic carbocycles.